The van der Waals surface area contributed by atoms with Crippen molar-refractivity contribution in [3.05, 3.63) is 75.6 Å². The molecule has 6 heteroatoms. The van der Waals surface area contributed by atoms with E-state index in [4.69, 9.17) is 13.9 Å². The van der Waals surface area contributed by atoms with E-state index in [0.29, 0.717) is 41.9 Å². The van der Waals surface area contributed by atoms with Gasteiger partial charge in [-0.2, -0.15) is 0 Å². The van der Waals surface area contributed by atoms with Crippen molar-refractivity contribution in [1.29, 1.82) is 0 Å². The Bertz CT molecular complexity index is 1120. The van der Waals surface area contributed by atoms with Gasteiger partial charge >= 0.3 is 0 Å². The van der Waals surface area contributed by atoms with E-state index >= 15 is 0 Å². The molecule has 1 aromatic heterocycles. The van der Waals surface area contributed by atoms with Crippen LogP contribution in [0.15, 0.2) is 57.7 Å². The van der Waals surface area contributed by atoms with Crippen molar-refractivity contribution in [3.63, 3.8) is 0 Å². The number of benzene rings is 2. The Morgan fingerprint density at radius 3 is 2.50 bits per heavy atom. The number of para-hydroxylation sites is 1. The number of carbonyl (C=O) groups is 1. The van der Waals surface area contributed by atoms with Crippen LogP contribution in [0.3, 0.4) is 0 Å². The lowest BCUT2D eigenvalue weighted by atomic mass is 9.98. The van der Waals surface area contributed by atoms with Gasteiger partial charge in [-0.25, -0.2) is 0 Å². The summed E-state index contributed by atoms with van der Waals surface area (Å²) in [7, 11) is 1.60. The Morgan fingerprint density at radius 1 is 1.07 bits per heavy atom. The molecule has 6 nitrogen and oxygen atoms in total. The Hall–Kier alpha value is -3.12. The molecule has 1 aliphatic rings. The molecule has 3 aromatic rings. The largest absolute Gasteiger partial charge is 0.497 e. The van der Waals surface area contributed by atoms with E-state index < -0.39 is 6.04 Å². The third-order valence-electron chi connectivity index (χ3n) is 5.30. The lowest BCUT2D eigenvalue weighted by Crippen LogP contribution is -2.31. The lowest BCUT2D eigenvalue weighted by Gasteiger charge is -2.25. The highest BCUT2D eigenvalue weighted by Gasteiger charge is 2.42. The first-order valence-corrected chi connectivity index (χ1v) is 10.1. The van der Waals surface area contributed by atoms with Crippen molar-refractivity contribution in [1.82, 2.24) is 4.90 Å². The predicted octanol–water partition coefficient (Wildman–Crippen LogP) is 4.16. The van der Waals surface area contributed by atoms with Crippen LogP contribution in [0.4, 0.5) is 0 Å². The highest BCUT2D eigenvalue weighted by atomic mass is 16.5. The second-order valence-corrected chi connectivity index (χ2v) is 7.62. The van der Waals surface area contributed by atoms with Crippen LogP contribution in [-0.4, -0.2) is 37.2 Å². The summed E-state index contributed by atoms with van der Waals surface area (Å²) in [5.41, 5.74) is 1.50. The summed E-state index contributed by atoms with van der Waals surface area (Å²) in [6, 6.07) is 14.0. The molecule has 156 valence electrons. The molecule has 0 bridgehead atoms. The van der Waals surface area contributed by atoms with Gasteiger partial charge in [-0.05, 0) is 50.1 Å². The number of ether oxygens (including phenoxy) is 2. The number of hydrogen-bond acceptors (Lipinski definition) is 5. The zero-order chi connectivity index (χ0) is 21.3. The normalized spacial score (nSPS) is 15.8. The molecule has 1 amide bonds. The van der Waals surface area contributed by atoms with Crippen LogP contribution < -0.4 is 10.2 Å². The number of fused-ring (bicyclic) bond motifs is 2. The summed E-state index contributed by atoms with van der Waals surface area (Å²) in [5.74, 6) is 0.577. The van der Waals surface area contributed by atoms with Gasteiger partial charge in [-0.1, -0.05) is 24.3 Å². The molecule has 1 atom stereocenters. The topological polar surface area (TPSA) is 69.0 Å². The van der Waals surface area contributed by atoms with Crippen LogP contribution in [0.2, 0.25) is 0 Å². The van der Waals surface area contributed by atoms with Gasteiger partial charge < -0.3 is 18.8 Å². The van der Waals surface area contributed by atoms with Gasteiger partial charge in [0.05, 0.1) is 30.2 Å². The number of carbonyl (C=O) groups excluding carboxylic acids is 1. The fraction of sp³-hybridized carbons (Fsp3) is 0.333. The zero-order valence-corrected chi connectivity index (χ0v) is 17.4. The maximum atomic E-state index is 13.3. The van der Waals surface area contributed by atoms with Gasteiger partial charge in [0, 0.05) is 13.2 Å². The molecule has 0 spiro atoms. The third kappa shape index (κ3) is 3.59. The van der Waals surface area contributed by atoms with Gasteiger partial charge in [-0.15, -0.1) is 0 Å². The summed E-state index contributed by atoms with van der Waals surface area (Å²) < 4.78 is 16.8. The fourth-order valence-electron chi connectivity index (χ4n) is 3.88. The standard InChI is InChI=1S/C24H25NO5/c1-15(2)29-14-6-13-25-21(16-9-11-17(28-3)12-10-16)20-22(26)18-7-4-5-8-19(18)30-23(20)24(25)27/h4-5,7-12,15,21H,6,13-14H2,1-3H3/t21-/m1/s1. The number of hydrogen-bond donors (Lipinski definition) is 0. The van der Waals surface area contributed by atoms with Crippen molar-refractivity contribution in [2.75, 3.05) is 20.3 Å². The first-order chi connectivity index (χ1) is 14.5. The van der Waals surface area contributed by atoms with Gasteiger partial charge in [0.1, 0.15) is 11.3 Å². The van der Waals surface area contributed by atoms with E-state index in [0.717, 1.165) is 5.56 Å². The van der Waals surface area contributed by atoms with Crippen molar-refractivity contribution < 1.29 is 18.7 Å². The minimum atomic E-state index is -0.502. The summed E-state index contributed by atoms with van der Waals surface area (Å²) in [5, 5.41) is 0.479. The Labute approximate surface area is 175 Å². The van der Waals surface area contributed by atoms with Crippen LogP contribution in [0.25, 0.3) is 11.0 Å². The minimum absolute atomic E-state index is 0.127. The van der Waals surface area contributed by atoms with Gasteiger partial charge in [0.15, 0.2) is 5.43 Å². The second-order valence-electron chi connectivity index (χ2n) is 7.62. The second kappa shape index (κ2) is 8.32. The van der Waals surface area contributed by atoms with Gasteiger partial charge in [0.25, 0.3) is 5.91 Å². The van der Waals surface area contributed by atoms with E-state index in [1.807, 2.05) is 38.1 Å². The summed E-state index contributed by atoms with van der Waals surface area (Å²) in [6.07, 6.45) is 0.792. The van der Waals surface area contributed by atoms with Crippen molar-refractivity contribution >= 4 is 16.9 Å². The molecule has 2 heterocycles. The summed E-state index contributed by atoms with van der Waals surface area (Å²) in [4.78, 5) is 28.3. The number of amides is 1. The van der Waals surface area contributed by atoms with Crippen LogP contribution in [-0.2, 0) is 4.74 Å². The van der Waals surface area contributed by atoms with E-state index in [1.165, 1.54) is 0 Å². The average molecular weight is 407 g/mol. The summed E-state index contributed by atoms with van der Waals surface area (Å²) in [6.45, 7) is 4.95. The molecular formula is C24H25NO5. The molecule has 4 rings (SSSR count). The lowest BCUT2D eigenvalue weighted by molar-refractivity contribution is 0.0593. The van der Waals surface area contributed by atoms with Crippen LogP contribution in [0.5, 0.6) is 5.75 Å². The molecule has 0 saturated carbocycles. The molecule has 0 radical (unpaired) electrons. The van der Waals surface area contributed by atoms with E-state index in [9.17, 15) is 9.59 Å². The third-order valence-corrected chi connectivity index (χ3v) is 5.30. The molecule has 1 aliphatic heterocycles. The van der Waals surface area contributed by atoms with Crippen LogP contribution in [0.1, 0.15) is 48.0 Å². The van der Waals surface area contributed by atoms with Gasteiger partial charge in [-0.3, -0.25) is 9.59 Å². The average Bonchev–Trinajstić information content (AvgIpc) is 3.03. The number of nitrogens with zero attached hydrogens (tertiary/aromatic N) is 1. The zero-order valence-electron chi connectivity index (χ0n) is 17.4. The van der Waals surface area contributed by atoms with Crippen molar-refractivity contribution in [2.24, 2.45) is 0 Å². The molecular weight excluding hydrogens is 382 g/mol. The van der Waals surface area contributed by atoms with E-state index in [-0.39, 0.29) is 23.2 Å². The first-order valence-electron chi connectivity index (χ1n) is 10.1. The van der Waals surface area contributed by atoms with Gasteiger partial charge in [0.2, 0.25) is 5.76 Å². The first kappa shape index (κ1) is 20.2. The molecule has 0 saturated heterocycles. The molecule has 0 unspecified atom stereocenters. The van der Waals surface area contributed by atoms with Crippen molar-refractivity contribution in [3.8, 4) is 5.75 Å². The Balaban J connectivity index is 1.78. The maximum Gasteiger partial charge on any atom is 0.290 e. The molecule has 2 aromatic carbocycles. The summed E-state index contributed by atoms with van der Waals surface area (Å²) >= 11 is 0. The van der Waals surface area contributed by atoms with E-state index in [2.05, 4.69) is 0 Å². The number of rotatable bonds is 7. The van der Waals surface area contributed by atoms with Crippen LogP contribution >= 0.6 is 0 Å². The Morgan fingerprint density at radius 2 is 1.80 bits per heavy atom. The maximum absolute atomic E-state index is 13.3. The fourth-order valence-corrected chi connectivity index (χ4v) is 3.88. The molecule has 0 N–H and O–H groups in total. The SMILES string of the molecule is COc1ccc([C@@H]2c3c(oc4ccccc4c3=O)C(=O)N2CCCOC(C)C)cc1. The Kier molecular flexibility index (Phi) is 5.59. The van der Waals surface area contributed by atoms with Crippen molar-refractivity contribution in [2.45, 2.75) is 32.4 Å². The predicted molar refractivity (Wildman–Crippen MR) is 114 cm³/mol. The highest BCUT2D eigenvalue weighted by molar-refractivity contribution is 5.99. The quantitative estimate of drug-likeness (QED) is 0.550. The van der Waals surface area contributed by atoms with Crippen LogP contribution in [0, 0.1) is 0 Å². The molecule has 0 aliphatic carbocycles. The molecule has 30 heavy (non-hydrogen) atoms. The van der Waals surface area contributed by atoms with E-state index in [1.54, 1.807) is 36.3 Å². The highest BCUT2D eigenvalue weighted by Crippen LogP contribution is 2.38. The number of methoxy groups -OCH3 is 1. The smallest absolute Gasteiger partial charge is 0.290 e. The minimum Gasteiger partial charge on any atom is -0.497 e. The monoisotopic (exact) mass is 407 g/mol. The molecule has 0 fully saturated rings.